The number of hydrogen-bond donors (Lipinski definition) is 2. The molecule has 0 radical (unpaired) electrons. The van der Waals surface area contributed by atoms with Crippen LogP contribution in [0.5, 0.6) is 0 Å². The van der Waals surface area contributed by atoms with E-state index in [1.165, 1.54) is 23.9 Å². The predicted molar refractivity (Wildman–Crippen MR) is 177 cm³/mol. The number of benzene rings is 3. The molecule has 45 heavy (non-hydrogen) atoms. The van der Waals surface area contributed by atoms with Crippen molar-refractivity contribution in [3.8, 4) is 0 Å². The van der Waals surface area contributed by atoms with Gasteiger partial charge in [0, 0.05) is 58.8 Å². The largest absolute Gasteiger partial charge is 0.379 e. The zero-order valence-corrected chi connectivity index (χ0v) is 27.3. The summed E-state index contributed by atoms with van der Waals surface area (Å²) in [6.07, 6.45) is 2.51. The molecule has 2 fully saturated rings. The van der Waals surface area contributed by atoms with Crippen molar-refractivity contribution in [1.29, 1.82) is 0 Å². The number of carbonyl (C=O) groups is 2. The summed E-state index contributed by atoms with van der Waals surface area (Å²) in [5, 5.41) is 4.35. The van der Waals surface area contributed by atoms with Crippen LogP contribution in [0.1, 0.15) is 35.6 Å². The number of hydrogen-bond acceptors (Lipinski definition) is 5. The number of carbonyl (C=O) groups excluding carboxylic acids is 2. The highest BCUT2D eigenvalue weighted by atomic mass is 35.5. The van der Waals surface area contributed by atoms with E-state index in [1.807, 2.05) is 43.3 Å². The molecule has 11 heteroatoms. The third kappa shape index (κ3) is 6.88. The number of halogens is 3. The van der Waals surface area contributed by atoms with E-state index in [-0.39, 0.29) is 29.8 Å². The molecule has 2 amide bonds. The smallest absolute Gasteiger partial charge is 0.239 e. The third-order valence-corrected chi connectivity index (χ3v) is 10.5. The molecular weight excluding hydrogens is 634 g/mol. The normalized spacial score (nSPS) is 20.7. The average Bonchev–Trinajstić information content (AvgIpc) is 3.55. The van der Waals surface area contributed by atoms with Gasteiger partial charge in [0.2, 0.25) is 11.8 Å². The molecule has 2 N–H and O–H groups in total. The van der Waals surface area contributed by atoms with Crippen molar-refractivity contribution in [3.05, 3.63) is 99.4 Å². The minimum atomic E-state index is -1.25. The van der Waals surface area contributed by atoms with E-state index in [2.05, 4.69) is 15.2 Å². The van der Waals surface area contributed by atoms with Crippen LogP contribution >= 0.6 is 35.0 Å². The maximum absolute atomic E-state index is 14.9. The highest BCUT2D eigenvalue weighted by Crippen LogP contribution is 2.54. The number of rotatable bonds is 10. The number of morpholine rings is 1. The van der Waals surface area contributed by atoms with Gasteiger partial charge >= 0.3 is 0 Å². The van der Waals surface area contributed by atoms with Crippen LogP contribution in [-0.2, 0) is 20.9 Å². The molecule has 4 aromatic rings. The number of amides is 2. The third-order valence-electron chi connectivity index (χ3n) is 8.55. The molecule has 2 atom stereocenters. The summed E-state index contributed by atoms with van der Waals surface area (Å²) in [6.45, 7) is 6.74. The number of aryl methyl sites for hydroxylation is 1. The number of aromatic nitrogens is 1. The molecule has 2 aliphatic rings. The molecule has 0 aliphatic carbocycles. The van der Waals surface area contributed by atoms with E-state index in [4.69, 9.17) is 27.9 Å². The van der Waals surface area contributed by atoms with Crippen LogP contribution < -0.4 is 5.32 Å². The number of thioether (sulfide) groups is 1. The number of nitrogens with one attached hydrogen (secondary N) is 2. The topological polar surface area (TPSA) is 77.7 Å². The molecule has 2 saturated heterocycles. The molecule has 1 aromatic heterocycles. The Labute approximate surface area is 276 Å². The van der Waals surface area contributed by atoms with Gasteiger partial charge in [-0.2, -0.15) is 0 Å². The van der Waals surface area contributed by atoms with E-state index < -0.39 is 16.6 Å². The molecule has 6 rings (SSSR count). The fourth-order valence-corrected chi connectivity index (χ4v) is 7.92. The molecular formula is C34H35Cl2FN4O3S. The average molecular weight is 670 g/mol. The summed E-state index contributed by atoms with van der Waals surface area (Å²) in [7, 11) is 0. The Morgan fingerprint density at radius 1 is 1.11 bits per heavy atom. The Balaban J connectivity index is 1.40. The first-order valence-electron chi connectivity index (χ1n) is 15.1. The fourth-order valence-electron chi connectivity index (χ4n) is 6.21. The van der Waals surface area contributed by atoms with Gasteiger partial charge in [0.25, 0.3) is 0 Å². The number of nitrogens with zero attached hydrogens (tertiary/aromatic N) is 2. The van der Waals surface area contributed by atoms with Gasteiger partial charge in [0.05, 0.1) is 30.7 Å². The summed E-state index contributed by atoms with van der Waals surface area (Å²) in [5.74, 6) is -0.958. The minimum Gasteiger partial charge on any atom is -0.379 e. The van der Waals surface area contributed by atoms with E-state index in [0.29, 0.717) is 41.2 Å². The highest BCUT2D eigenvalue weighted by Gasteiger charge is 2.58. The molecule has 0 bridgehead atoms. The summed E-state index contributed by atoms with van der Waals surface area (Å²) < 4.78 is 19.1. The van der Waals surface area contributed by atoms with Gasteiger partial charge in [-0.15, -0.1) is 11.8 Å². The lowest BCUT2D eigenvalue weighted by Crippen LogP contribution is -2.48. The number of fused-ring (bicyclic) bond motifs is 1. The van der Waals surface area contributed by atoms with Crippen molar-refractivity contribution in [1.82, 2.24) is 20.1 Å². The zero-order valence-electron chi connectivity index (χ0n) is 25.0. The van der Waals surface area contributed by atoms with Gasteiger partial charge in [-0.3, -0.25) is 14.5 Å². The Bertz CT molecular complexity index is 1680. The summed E-state index contributed by atoms with van der Waals surface area (Å²) in [4.78, 5) is 36.8. The van der Waals surface area contributed by atoms with E-state index >= 15 is 0 Å². The number of ether oxygens (including phenoxy) is 1. The van der Waals surface area contributed by atoms with Crippen molar-refractivity contribution in [2.45, 2.75) is 42.0 Å². The maximum Gasteiger partial charge on any atom is 0.239 e. The Hall–Kier alpha value is -3.08. The van der Waals surface area contributed by atoms with Gasteiger partial charge in [0.15, 0.2) is 0 Å². The molecule has 7 nitrogen and oxygen atoms in total. The van der Waals surface area contributed by atoms with Gasteiger partial charge < -0.3 is 19.9 Å². The Morgan fingerprint density at radius 3 is 2.58 bits per heavy atom. The monoisotopic (exact) mass is 668 g/mol. The standard InChI is InChI=1S/C34H35Cl2FN4O3S/c1-22-3-9-25(10-4-22)45-34(33(43)38-11-2-12-40-13-15-44-16-14-40)19-31(42)41(21-23-5-7-24(35)8-6-23)32(34)27-20-39-30-18-28(36)29(37)17-26(27)30/h3-10,17-18,20,32,39H,2,11-16,19,21H2,1H3,(H,38,43)/t32-,34-/m0/s1. The Morgan fingerprint density at radius 2 is 1.84 bits per heavy atom. The van der Waals surface area contributed by atoms with Crippen LogP contribution in [0.25, 0.3) is 10.9 Å². The first-order valence-corrected chi connectivity index (χ1v) is 16.6. The van der Waals surface area contributed by atoms with Crippen LogP contribution in [0.15, 0.2) is 71.8 Å². The lowest BCUT2D eigenvalue weighted by molar-refractivity contribution is -0.129. The van der Waals surface area contributed by atoms with E-state index in [1.54, 1.807) is 23.2 Å². The first-order chi connectivity index (χ1) is 21.7. The second kappa shape index (κ2) is 13.7. The lowest BCUT2D eigenvalue weighted by Gasteiger charge is -2.36. The molecule has 3 heterocycles. The number of aromatic amines is 1. The van der Waals surface area contributed by atoms with E-state index in [9.17, 15) is 14.0 Å². The van der Waals surface area contributed by atoms with Crippen LogP contribution in [-0.4, -0.2) is 70.7 Å². The molecule has 236 valence electrons. The fraction of sp³-hybridized carbons (Fsp3) is 0.353. The van der Waals surface area contributed by atoms with Gasteiger partial charge in [-0.1, -0.05) is 53.0 Å². The predicted octanol–water partition coefficient (Wildman–Crippen LogP) is 6.77. The second-order valence-electron chi connectivity index (χ2n) is 11.7. The molecule has 3 aromatic carbocycles. The van der Waals surface area contributed by atoms with Crippen molar-refractivity contribution in [2.75, 3.05) is 39.4 Å². The molecule has 0 spiro atoms. The quantitative estimate of drug-likeness (QED) is 0.183. The van der Waals surface area contributed by atoms with Gasteiger partial charge in [0.1, 0.15) is 10.6 Å². The lowest BCUT2D eigenvalue weighted by atomic mass is 9.91. The summed E-state index contributed by atoms with van der Waals surface area (Å²) >= 11 is 13.7. The molecule has 2 aliphatic heterocycles. The highest BCUT2D eigenvalue weighted by molar-refractivity contribution is 8.01. The first kappa shape index (κ1) is 31.9. The van der Waals surface area contributed by atoms with Crippen molar-refractivity contribution < 1.29 is 18.7 Å². The van der Waals surface area contributed by atoms with Crippen molar-refractivity contribution in [2.24, 2.45) is 0 Å². The number of likely N-dealkylation sites (tertiary alicyclic amines) is 1. The van der Waals surface area contributed by atoms with Gasteiger partial charge in [-0.05, 0) is 61.9 Å². The SMILES string of the molecule is Cc1ccc(S[C@@]2(C(=O)NCCCN3CCOCC3)CC(=O)N(Cc3ccc(Cl)cc3)[C@H]2c2c[nH]c3cc(Cl)c(F)cc23)cc1. The summed E-state index contributed by atoms with van der Waals surface area (Å²) in [6, 6.07) is 17.5. The van der Waals surface area contributed by atoms with E-state index in [0.717, 1.165) is 42.1 Å². The number of H-pyrrole nitrogens is 1. The van der Waals surface area contributed by atoms with Crippen LogP contribution in [0.3, 0.4) is 0 Å². The van der Waals surface area contributed by atoms with Crippen molar-refractivity contribution in [3.63, 3.8) is 0 Å². The summed E-state index contributed by atoms with van der Waals surface area (Å²) in [5.41, 5.74) is 3.24. The maximum atomic E-state index is 14.9. The van der Waals surface area contributed by atoms with Crippen molar-refractivity contribution >= 4 is 57.7 Å². The second-order valence-corrected chi connectivity index (χ2v) is 13.9. The minimum absolute atomic E-state index is 0.00489. The Kier molecular flexibility index (Phi) is 9.73. The van der Waals surface area contributed by atoms with Crippen LogP contribution in [0.2, 0.25) is 10.0 Å². The van der Waals surface area contributed by atoms with Crippen LogP contribution in [0.4, 0.5) is 4.39 Å². The van der Waals surface area contributed by atoms with Gasteiger partial charge in [-0.25, -0.2) is 4.39 Å². The van der Waals surface area contributed by atoms with Crippen LogP contribution in [0, 0.1) is 12.7 Å². The zero-order chi connectivity index (χ0) is 31.6. The molecule has 0 saturated carbocycles. The molecule has 0 unspecified atom stereocenters.